The van der Waals surface area contributed by atoms with Gasteiger partial charge in [0, 0.05) is 13.0 Å². The van der Waals surface area contributed by atoms with E-state index in [0.717, 1.165) is 42.8 Å². The van der Waals surface area contributed by atoms with Gasteiger partial charge in [-0.1, -0.05) is 37.1 Å². The number of nitrogens with zero attached hydrogens (tertiary/aromatic N) is 3. The number of unbranched alkanes of at least 4 members (excludes halogenated alkanes) is 1. The molecule has 3 aromatic rings. The molecule has 1 aliphatic rings. The molecule has 0 unspecified atom stereocenters. The predicted molar refractivity (Wildman–Crippen MR) is 131 cm³/mol. The SMILES string of the molecule is COc1ccccc1OCCCCn1c(CCCN2CCCCCC2)nc2ccccc21. The van der Waals surface area contributed by atoms with Crippen molar-refractivity contribution in [3.05, 3.63) is 54.4 Å². The van der Waals surface area contributed by atoms with Crippen molar-refractivity contribution < 1.29 is 9.47 Å². The second-order valence-electron chi connectivity index (χ2n) is 8.73. The molecule has 0 spiro atoms. The number of benzene rings is 2. The Labute approximate surface area is 192 Å². The van der Waals surface area contributed by atoms with Crippen LogP contribution < -0.4 is 9.47 Å². The summed E-state index contributed by atoms with van der Waals surface area (Å²) in [5.41, 5.74) is 2.37. The largest absolute Gasteiger partial charge is 0.493 e. The molecule has 1 aliphatic heterocycles. The van der Waals surface area contributed by atoms with Gasteiger partial charge in [0.2, 0.25) is 0 Å². The summed E-state index contributed by atoms with van der Waals surface area (Å²) in [6, 6.07) is 16.4. The number of para-hydroxylation sites is 4. The van der Waals surface area contributed by atoms with Crippen LogP contribution in [0.25, 0.3) is 11.0 Å². The number of ether oxygens (including phenoxy) is 2. The zero-order valence-electron chi connectivity index (χ0n) is 19.5. The summed E-state index contributed by atoms with van der Waals surface area (Å²) in [5, 5.41) is 0. The first-order valence-corrected chi connectivity index (χ1v) is 12.3. The second-order valence-corrected chi connectivity index (χ2v) is 8.73. The number of likely N-dealkylation sites (tertiary alicyclic amines) is 1. The Morgan fingerprint density at radius 1 is 0.812 bits per heavy atom. The Bertz CT molecular complexity index is 960. The minimum Gasteiger partial charge on any atom is -0.493 e. The minimum atomic E-state index is 0.692. The maximum Gasteiger partial charge on any atom is 0.161 e. The van der Waals surface area contributed by atoms with E-state index >= 15 is 0 Å². The molecule has 0 bridgehead atoms. The summed E-state index contributed by atoms with van der Waals surface area (Å²) in [7, 11) is 1.68. The van der Waals surface area contributed by atoms with E-state index in [1.165, 1.54) is 63.1 Å². The van der Waals surface area contributed by atoms with Crippen molar-refractivity contribution in [3.8, 4) is 11.5 Å². The number of imidazole rings is 1. The van der Waals surface area contributed by atoms with Gasteiger partial charge in [-0.3, -0.25) is 0 Å². The number of rotatable bonds is 11. The highest BCUT2D eigenvalue weighted by atomic mass is 16.5. The third-order valence-corrected chi connectivity index (χ3v) is 6.41. The van der Waals surface area contributed by atoms with E-state index in [1.807, 2.05) is 24.3 Å². The number of aryl methyl sites for hydroxylation is 2. The topological polar surface area (TPSA) is 39.5 Å². The minimum absolute atomic E-state index is 0.692. The van der Waals surface area contributed by atoms with Crippen LogP contribution in [-0.2, 0) is 13.0 Å². The zero-order chi connectivity index (χ0) is 22.0. The molecule has 5 heteroatoms. The first-order chi connectivity index (χ1) is 15.8. The Morgan fingerprint density at radius 2 is 1.56 bits per heavy atom. The normalized spacial score (nSPS) is 15.0. The van der Waals surface area contributed by atoms with E-state index in [1.54, 1.807) is 7.11 Å². The molecule has 0 N–H and O–H groups in total. The molecule has 0 aliphatic carbocycles. The molecule has 0 saturated carbocycles. The number of aromatic nitrogens is 2. The summed E-state index contributed by atoms with van der Waals surface area (Å²) in [6.45, 7) is 5.40. The van der Waals surface area contributed by atoms with Crippen LogP contribution in [0.1, 0.15) is 50.8 Å². The first-order valence-electron chi connectivity index (χ1n) is 12.3. The van der Waals surface area contributed by atoms with Crippen molar-refractivity contribution in [2.24, 2.45) is 0 Å². The zero-order valence-corrected chi connectivity index (χ0v) is 19.5. The summed E-state index contributed by atoms with van der Waals surface area (Å²) >= 11 is 0. The molecule has 0 radical (unpaired) electrons. The summed E-state index contributed by atoms with van der Waals surface area (Å²) < 4.78 is 13.8. The van der Waals surface area contributed by atoms with E-state index in [-0.39, 0.29) is 0 Å². The average Bonchev–Trinajstić information content (AvgIpc) is 2.97. The van der Waals surface area contributed by atoms with E-state index in [4.69, 9.17) is 14.5 Å². The first kappa shape index (κ1) is 22.7. The summed E-state index contributed by atoms with van der Waals surface area (Å²) in [4.78, 5) is 7.63. The van der Waals surface area contributed by atoms with Gasteiger partial charge in [-0.2, -0.15) is 0 Å². The standard InChI is InChI=1S/C27H37N3O2/c1-31-25-15-6-7-16-26(25)32-22-11-10-21-30-24-14-5-4-13-23(24)28-27(30)17-12-20-29-18-8-2-3-9-19-29/h4-7,13-16H,2-3,8-12,17-22H2,1H3. The van der Waals surface area contributed by atoms with E-state index in [2.05, 4.69) is 33.7 Å². The Morgan fingerprint density at radius 3 is 2.38 bits per heavy atom. The molecule has 1 aromatic heterocycles. The highest BCUT2D eigenvalue weighted by molar-refractivity contribution is 5.75. The molecule has 1 fully saturated rings. The van der Waals surface area contributed by atoms with Gasteiger partial charge in [0.1, 0.15) is 5.82 Å². The third-order valence-electron chi connectivity index (χ3n) is 6.41. The van der Waals surface area contributed by atoms with E-state index in [0.29, 0.717) is 6.61 Å². The van der Waals surface area contributed by atoms with Gasteiger partial charge in [0.15, 0.2) is 11.5 Å². The number of hydrogen-bond acceptors (Lipinski definition) is 4. The van der Waals surface area contributed by atoms with Crippen LogP contribution in [0, 0.1) is 0 Å². The van der Waals surface area contributed by atoms with Crippen molar-refractivity contribution in [1.82, 2.24) is 14.5 Å². The van der Waals surface area contributed by atoms with Crippen molar-refractivity contribution in [1.29, 1.82) is 0 Å². The van der Waals surface area contributed by atoms with Crippen LogP contribution in [-0.4, -0.2) is 47.8 Å². The Hall–Kier alpha value is -2.53. The molecule has 2 heterocycles. The lowest BCUT2D eigenvalue weighted by molar-refractivity contribution is 0.279. The molecule has 4 rings (SSSR count). The number of fused-ring (bicyclic) bond motifs is 1. The predicted octanol–water partition coefficient (Wildman–Crippen LogP) is 5.71. The molecule has 5 nitrogen and oxygen atoms in total. The third kappa shape index (κ3) is 6.04. The lowest BCUT2D eigenvalue weighted by Gasteiger charge is -2.19. The van der Waals surface area contributed by atoms with Crippen LogP contribution in [0.2, 0.25) is 0 Å². The van der Waals surface area contributed by atoms with Crippen LogP contribution in [0.3, 0.4) is 0 Å². The fraction of sp³-hybridized carbons (Fsp3) is 0.519. The van der Waals surface area contributed by atoms with E-state index in [9.17, 15) is 0 Å². The van der Waals surface area contributed by atoms with Crippen LogP contribution in [0.15, 0.2) is 48.5 Å². The lowest BCUT2D eigenvalue weighted by atomic mass is 10.2. The fourth-order valence-electron chi connectivity index (χ4n) is 4.68. The highest BCUT2D eigenvalue weighted by Gasteiger charge is 2.13. The molecule has 2 aromatic carbocycles. The fourth-order valence-corrected chi connectivity index (χ4v) is 4.68. The molecular weight excluding hydrogens is 398 g/mol. The molecule has 172 valence electrons. The van der Waals surface area contributed by atoms with E-state index < -0.39 is 0 Å². The highest BCUT2D eigenvalue weighted by Crippen LogP contribution is 2.26. The molecule has 1 saturated heterocycles. The van der Waals surface area contributed by atoms with Gasteiger partial charge in [-0.25, -0.2) is 4.98 Å². The van der Waals surface area contributed by atoms with Gasteiger partial charge >= 0.3 is 0 Å². The van der Waals surface area contributed by atoms with Gasteiger partial charge in [-0.05, 0) is 76.0 Å². The van der Waals surface area contributed by atoms with Gasteiger partial charge < -0.3 is 18.9 Å². The van der Waals surface area contributed by atoms with Gasteiger partial charge in [-0.15, -0.1) is 0 Å². The van der Waals surface area contributed by atoms with Crippen molar-refractivity contribution in [2.45, 2.75) is 57.9 Å². The smallest absolute Gasteiger partial charge is 0.161 e. The summed E-state index contributed by atoms with van der Waals surface area (Å²) in [6.07, 6.45) is 9.79. The molecule has 0 amide bonds. The van der Waals surface area contributed by atoms with Crippen molar-refractivity contribution >= 4 is 11.0 Å². The van der Waals surface area contributed by atoms with Crippen molar-refractivity contribution in [3.63, 3.8) is 0 Å². The number of methoxy groups -OCH3 is 1. The molecular formula is C27H37N3O2. The Kier molecular flexibility index (Phi) is 8.43. The molecule has 32 heavy (non-hydrogen) atoms. The maximum absolute atomic E-state index is 5.95. The quantitative estimate of drug-likeness (QED) is 0.362. The van der Waals surface area contributed by atoms with Crippen LogP contribution in [0.5, 0.6) is 11.5 Å². The van der Waals surface area contributed by atoms with Crippen LogP contribution in [0.4, 0.5) is 0 Å². The number of hydrogen-bond donors (Lipinski definition) is 0. The van der Waals surface area contributed by atoms with Crippen molar-refractivity contribution in [2.75, 3.05) is 33.4 Å². The van der Waals surface area contributed by atoms with Gasteiger partial charge in [0.25, 0.3) is 0 Å². The molecule has 0 atom stereocenters. The lowest BCUT2D eigenvalue weighted by Crippen LogP contribution is -2.26. The van der Waals surface area contributed by atoms with Gasteiger partial charge in [0.05, 0.1) is 24.8 Å². The van der Waals surface area contributed by atoms with Crippen LogP contribution >= 0.6 is 0 Å². The average molecular weight is 436 g/mol. The Balaban J connectivity index is 1.31. The summed E-state index contributed by atoms with van der Waals surface area (Å²) in [5.74, 6) is 2.84. The monoisotopic (exact) mass is 435 g/mol. The second kappa shape index (κ2) is 11.9. The maximum atomic E-state index is 5.95.